The van der Waals surface area contributed by atoms with Gasteiger partial charge in [-0.25, -0.2) is 0 Å². The molecule has 0 atom stereocenters. The molecular weight excluding hydrogens is 220 g/mol. The summed E-state index contributed by atoms with van der Waals surface area (Å²) in [5, 5.41) is 0. The molecule has 1 heterocycles. The van der Waals surface area contributed by atoms with Gasteiger partial charge in [0.1, 0.15) is 5.52 Å². The summed E-state index contributed by atoms with van der Waals surface area (Å²) in [6.07, 6.45) is 0. The molecule has 1 aromatic carbocycles. The number of oxazole rings is 1. The van der Waals surface area contributed by atoms with Crippen LogP contribution in [0.25, 0.3) is 11.1 Å². The second-order valence-electron chi connectivity index (χ2n) is 2.62. The first kappa shape index (κ1) is 7.61. The van der Waals surface area contributed by atoms with Crippen molar-refractivity contribution in [3.05, 3.63) is 22.2 Å². The summed E-state index contributed by atoms with van der Waals surface area (Å²) in [6, 6.07) is 4.01. The van der Waals surface area contributed by atoms with Crippen LogP contribution in [0, 0.1) is 6.92 Å². The number of nitrogens with zero attached hydrogens (tertiary/aromatic N) is 1. The Balaban J connectivity index is 2.83. The third-order valence-electron chi connectivity index (χ3n) is 1.69. The van der Waals surface area contributed by atoms with E-state index >= 15 is 0 Å². The highest BCUT2D eigenvalue weighted by Crippen LogP contribution is 2.24. The van der Waals surface area contributed by atoms with Crippen molar-refractivity contribution in [2.45, 2.75) is 6.92 Å². The van der Waals surface area contributed by atoms with Crippen molar-refractivity contribution >= 4 is 33.0 Å². The highest BCUT2D eigenvalue weighted by atomic mass is 79.9. The van der Waals surface area contributed by atoms with Gasteiger partial charge in [-0.3, -0.25) is 0 Å². The molecule has 0 saturated carbocycles. The van der Waals surface area contributed by atoms with E-state index in [0.717, 1.165) is 21.1 Å². The van der Waals surface area contributed by atoms with Gasteiger partial charge in [-0.15, -0.1) is 0 Å². The number of halogens is 1. The van der Waals surface area contributed by atoms with Crippen LogP contribution in [0.2, 0.25) is 0 Å². The number of nitrogens with two attached hydrogens (primary N) is 1. The summed E-state index contributed by atoms with van der Waals surface area (Å²) in [5.74, 6) is 0. The van der Waals surface area contributed by atoms with Crippen molar-refractivity contribution in [2.75, 3.05) is 5.73 Å². The fourth-order valence-electron chi connectivity index (χ4n) is 1.07. The van der Waals surface area contributed by atoms with Gasteiger partial charge in [0.05, 0.1) is 0 Å². The Kier molecular flexibility index (Phi) is 1.58. The molecule has 0 spiro atoms. The Hall–Kier alpha value is -1.03. The van der Waals surface area contributed by atoms with E-state index in [2.05, 4.69) is 20.9 Å². The fraction of sp³-hybridized carbons (Fsp3) is 0.125. The van der Waals surface area contributed by atoms with Crippen LogP contribution >= 0.6 is 15.9 Å². The molecule has 0 bridgehead atoms. The molecule has 0 radical (unpaired) electrons. The van der Waals surface area contributed by atoms with Gasteiger partial charge in [-0.2, -0.15) is 4.98 Å². The van der Waals surface area contributed by atoms with Gasteiger partial charge in [-0.05, 0) is 24.6 Å². The number of aryl methyl sites for hydroxylation is 1. The number of benzene rings is 1. The lowest BCUT2D eigenvalue weighted by Crippen LogP contribution is -1.80. The summed E-state index contributed by atoms with van der Waals surface area (Å²) in [5.41, 5.74) is 8.02. The van der Waals surface area contributed by atoms with Crippen LogP contribution in [-0.2, 0) is 0 Å². The maximum absolute atomic E-state index is 5.40. The summed E-state index contributed by atoms with van der Waals surface area (Å²) >= 11 is 3.40. The Morgan fingerprint density at radius 1 is 1.50 bits per heavy atom. The second kappa shape index (κ2) is 2.48. The normalized spacial score (nSPS) is 10.8. The molecule has 0 unspecified atom stereocenters. The molecular formula is C8H7BrN2O. The van der Waals surface area contributed by atoms with E-state index in [0.29, 0.717) is 0 Å². The molecule has 2 N–H and O–H groups in total. The quantitative estimate of drug-likeness (QED) is 0.752. The second-order valence-corrected chi connectivity index (χ2v) is 3.48. The van der Waals surface area contributed by atoms with Gasteiger partial charge in [-0.1, -0.05) is 15.9 Å². The zero-order chi connectivity index (χ0) is 8.72. The first-order chi connectivity index (χ1) is 5.66. The lowest BCUT2D eigenvalue weighted by atomic mass is 10.2. The highest BCUT2D eigenvalue weighted by Gasteiger charge is 2.04. The molecule has 3 nitrogen and oxygen atoms in total. The van der Waals surface area contributed by atoms with E-state index in [4.69, 9.17) is 10.2 Å². The summed E-state index contributed by atoms with van der Waals surface area (Å²) in [7, 11) is 0. The monoisotopic (exact) mass is 226 g/mol. The molecule has 0 saturated heterocycles. The molecule has 2 rings (SSSR count). The van der Waals surface area contributed by atoms with Gasteiger partial charge in [0, 0.05) is 4.47 Å². The van der Waals surface area contributed by atoms with Crippen molar-refractivity contribution in [1.82, 2.24) is 4.98 Å². The molecule has 0 aliphatic rings. The van der Waals surface area contributed by atoms with E-state index < -0.39 is 0 Å². The maximum Gasteiger partial charge on any atom is 0.292 e. The molecule has 1 aromatic heterocycles. The van der Waals surface area contributed by atoms with Crippen molar-refractivity contribution in [3.63, 3.8) is 0 Å². The van der Waals surface area contributed by atoms with Crippen molar-refractivity contribution < 1.29 is 4.42 Å². The number of rotatable bonds is 0. The van der Waals surface area contributed by atoms with E-state index in [1.54, 1.807) is 0 Å². The van der Waals surface area contributed by atoms with E-state index in [9.17, 15) is 0 Å². The average molecular weight is 227 g/mol. The van der Waals surface area contributed by atoms with Gasteiger partial charge >= 0.3 is 0 Å². The number of aromatic nitrogens is 1. The first-order valence-corrected chi connectivity index (χ1v) is 4.28. The van der Waals surface area contributed by atoms with Crippen molar-refractivity contribution in [3.8, 4) is 0 Å². The van der Waals surface area contributed by atoms with Gasteiger partial charge in [0.15, 0.2) is 5.58 Å². The van der Waals surface area contributed by atoms with Crippen LogP contribution < -0.4 is 5.73 Å². The van der Waals surface area contributed by atoms with Crippen LogP contribution in [0.4, 0.5) is 6.01 Å². The fourth-order valence-corrected chi connectivity index (χ4v) is 1.40. The van der Waals surface area contributed by atoms with E-state index in [1.165, 1.54) is 0 Å². The Morgan fingerprint density at radius 3 is 3.00 bits per heavy atom. The number of hydrogen-bond donors (Lipinski definition) is 1. The lowest BCUT2D eigenvalue weighted by molar-refractivity contribution is 0.626. The minimum atomic E-state index is 0.211. The van der Waals surface area contributed by atoms with Crippen LogP contribution in [0.1, 0.15) is 5.56 Å². The Bertz CT molecular complexity index is 397. The average Bonchev–Trinajstić information content (AvgIpc) is 2.30. The van der Waals surface area contributed by atoms with Gasteiger partial charge in [0.25, 0.3) is 6.01 Å². The SMILES string of the molecule is Cc1cc2oc(N)nc2cc1Br. The minimum Gasteiger partial charge on any atom is -0.424 e. The van der Waals surface area contributed by atoms with Crippen LogP contribution in [0.15, 0.2) is 21.0 Å². The molecule has 12 heavy (non-hydrogen) atoms. The van der Waals surface area contributed by atoms with Gasteiger partial charge in [0.2, 0.25) is 0 Å². The van der Waals surface area contributed by atoms with E-state index in [1.807, 2.05) is 19.1 Å². The predicted octanol–water partition coefficient (Wildman–Crippen LogP) is 2.48. The number of anilines is 1. The van der Waals surface area contributed by atoms with Crippen molar-refractivity contribution in [2.24, 2.45) is 0 Å². The van der Waals surface area contributed by atoms with Crippen LogP contribution in [0.5, 0.6) is 0 Å². The van der Waals surface area contributed by atoms with Crippen LogP contribution in [0.3, 0.4) is 0 Å². The van der Waals surface area contributed by atoms with E-state index in [-0.39, 0.29) is 6.01 Å². The summed E-state index contributed by atoms with van der Waals surface area (Å²) in [4.78, 5) is 4.00. The largest absolute Gasteiger partial charge is 0.424 e. The molecule has 0 aliphatic carbocycles. The number of nitrogen functional groups attached to an aromatic ring is 1. The lowest BCUT2D eigenvalue weighted by Gasteiger charge is -1.94. The van der Waals surface area contributed by atoms with Crippen molar-refractivity contribution in [1.29, 1.82) is 0 Å². The third kappa shape index (κ3) is 1.08. The third-order valence-corrected chi connectivity index (χ3v) is 2.54. The predicted molar refractivity (Wildman–Crippen MR) is 50.9 cm³/mol. The molecule has 2 aromatic rings. The Morgan fingerprint density at radius 2 is 2.25 bits per heavy atom. The topological polar surface area (TPSA) is 52.0 Å². The van der Waals surface area contributed by atoms with Gasteiger partial charge < -0.3 is 10.2 Å². The standard InChI is InChI=1S/C8H7BrN2O/c1-4-2-7-6(3-5(4)9)11-8(10)12-7/h2-3H,1H3,(H2,10,11). The molecule has 0 amide bonds. The number of fused-ring (bicyclic) bond motifs is 1. The zero-order valence-corrected chi connectivity index (χ0v) is 8.05. The summed E-state index contributed by atoms with van der Waals surface area (Å²) < 4.78 is 6.17. The molecule has 62 valence electrons. The number of hydrogen-bond acceptors (Lipinski definition) is 3. The molecule has 0 aliphatic heterocycles. The first-order valence-electron chi connectivity index (χ1n) is 3.49. The molecule has 0 fully saturated rings. The summed E-state index contributed by atoms with van der Waals surface area (Å²) in [6.45, 7) is 1.99. The maximum atomic E-state index is 5.40. The smallest absolute Gasteiger partial charge is 0.292 e. The minimum absolute atomic E-state index is 0.211. The Labute approximate surface area is 77.7 Å². The molecule has 4 heteroatoms. The zero-order valence-electron chi connectivity index (χ0n) is 6.47. The highest BCUT2D eigenvalue weighted by molar-refractivity contribution is 9.10. The van der Waals surface area contributed by atoms with Crippen LogP contribution in [-0.4, -0.2) is 4.98 Å².